The topological polar surface area (TPSA) is 173 Å². The fourth-order valence-corrected chi connectivity index (χ4v) is 7.32. The lowest BCUT2D eigenvalue weighted by Crippen LogP contribution is -2.60. The fraction of sp³-hybridized carbons (Fsp3) is 0.571. The van der Waals surface area contributed by atoms with Crippen molar-refractivity contribution < 1.29 is 37.1 Å². The van der Waals surface area contributed by atoms with E-state index in [0.29, 0.717) is 18.7 Å². The molecule has 3 aliphatic rings. The first-order valence-corrected chi connectivity index (χ1v) is 18.1. The minimum absolute atomic E-state index is 0.0163. The molecule has 1 aromatic carbocycles. The predicted molar refractivity (Wildman–Crippen MR) is 183 cm³/mol. The number of amides is 4. The average molecular weight is 698 g/mol. The van der Waals surface area contributed by atoms with Crippen molar-refractivity contribution in [1.29, 1.82) is 0 Å². The van der Waals surface area contributed by atoms with Crippen molar-refractivity contribution in [3.8, 4) is 5.88 Å². The Bertz CT molecular complexity index is 1750. The molecule has 14 heteroatoms. The van der Waals surface area contributed by atoms with Crippen molar-refractivity contribution in [3.63, 3.8) is 0 Å². The van der Waals surface area contributed by atoms with Crippen LogP contribution in [0.1, 0.15) is 67.2 Å². The van der Waals surface area contributed by atoms with Gasteiger partial charge in [0, 0.05) is 30.0 Å². The number of hydrogen-bond acceptors (Lipinski definition) is 9. The first kappa shape index (κ1) is 36.1. The van der Waals surface area contributed by atoms with Gasteiger partial charge in [-0.3, -0.25) is 19.1 Å². The Morgan fingerprint density at radius 3 is 2.41 bits per heavy atom. The van der Waals surface area contributed by atoms with Crippen molar-refractivity contribution in [2.75, 3.05) is 13.2 Å². The van der Waals surface area contributed by atoms with Crippen LogP contribution in [0.4, 0.5) is 4.79 Å². The molecule has 13 nitrogen and oxygen atoms in total. The highest BCUT2D eigenvalue weighted by molar-refractivity contribution is 7.91. The zero-order valence-corrected chi connectivity index (χ0v) is 29.8. The number of nitrogens with one attached hydrogen (secondary N) is 3. The van der Waals surface area contributed by atoms with Crippen molar-refractivity contribution in [2.45, 2.75) is 95.7 Å². The van der Waals surface area contributed by atoms with E-state index in [-0.39, 0.29) is 31.9 Å². The van der Waals surface area contributed by atoms with Crippen molar-refractivity contribution in [3.05, 3.63) is 49.2 Å². The van der Waals surface area contributed by atoms with Gasteiger partial charge in [-0.25, -0.2) is 18.2 Å². The van der Waals surface area contributed by atoms with Gasteiger partial charge in [0.15, 0.2) is 0 Å². The van der Waals surface area contributed by atoms with E-state index in [0.717, 1.165) is 10.8 Å². The number of carbonyl (C=O) groups is 4. The van der Waals surface area contributed by atoms with Crippen LogP contribution in [0.3, 0.4) is 0 Å². The van der Waals surface area contributed by atoms with Crippen LogP contribution < -0.4 is 20.1 Å². The standard InChI is InChI=1S/C35H47N5O8S/c1-8-24-17-35(24,31(43)39-49(45,46)34(7)13-14-34)38-29(41)26-16-25(48-27-15-22-11-9-10-12-23(22)18-36-27)19-40(26)30(42)28(33(4,5)6)37-32(44)47-20-21(2)3/h8-12,15,18,21,24-26,28H,1,13-14,16-17,19-20H2,2-7H3,(H,37,44)(H,38,41)(H,39,43)/t24-,25-,26+,28-,35-/m1/s1. The number of fused-ring (bicyclic) bond motifs is 1. The zero-order chi connectivity index (χ0) is 35.9. The van der Waals surface area contributed by atoms with E-state index in [1.54, 1.807) is 40.0 Å². The monoisotopic (exact) mass is 697 g/mol. The first-order chi connectivity index (χ1) is 22.9. The summed E-state index contributed by atoms with van der Waals surface area (Å²) in [6.07, 6.45) is 2.81. The van der Waals surface area contributed by atoms with Crippen molar-refractivity contribution in [2.24, 2.45) is 17.3 Å². The molecule has 0 unspecified atom stereocenters. The van der Waals surface area contributed by atoms with E-state index in [1.165, 1.54) is 11.0 Å². The number of carbonyl (C=O) groups excluding carboxylic acids is 4. The van der Waals surface area contributed by atoms with Gasteiger partial charge in [-0.1, -0.05) is 65.0 Å². The normalized spacial score (nSPS) is 24.9. The Kier molecular flexibility index (Phi) is 9.76. The maximum atomic E-state index is 14.3. The second-order valence-electron chi connectivity index (χ2n) is 15.2. The highest BCUT2D eigenvalue weighted by Gasteiger charge is 2.63. The minimum Gasteiger partial charge on any atom is -0.472 e. The van der Waals surface area contributed by atoms with Crippen molar-refractivity contribution in [1.82, 2.24) is 25.2 Å². The summed E-state index contributed by atoms with van der Waals surface area (Å²) in [7, 11) is -3.98. The lowest BCUT2D eigenvalue weighted by Gasteiger charge is -2.35. The van der Waals surface area contributed by atoms with Gasteiger partial charge in [0.05, 0.1) is 17.9 Å². The molecular weight excluding hydrogens is 650 g/mol. The highest BCUT2D eigenvalue weighted by Crippen LogP contribution is 2.47. The molecular formula is C35H47N5O8S. The van der Waals surface area contributed by atoms with Gasteiger partial charge in [-0.2, -0.15) is 0 Å². The van der Waals surface area contributed by atoms with E-state index in [2.05, 4.69) is 26.9 Å². The number of benzene rings is 1. The second-order valence-corrected chi connectivity index (χ2v) is 17.4. The van der Waals surface area contributed by atoms with Crippen LogP contribution in [0.15, 0.2) is 49.2 Å². The quantitative estimate of drug-likeness (QED) is 0.281. The Morgan fingerprint density at radius 1 is 1.14 bits per heavy atom. The first-order valence-electron chi connectivity index (χ1n) is 16.7. The summed E-state index contributed by atoms with van der Waals surface area (Å²) in [5.41, 5.74) is -2.33. The summed E-state index contributed by atoms with van der Waals surface area (Å²) in [5, 5.41) is 7.30. The van der Waals surface area contributed by atoms with Crippen LogP contribution in [0.5, 0.6) is 5.88 Å². The number of ether oxygens (including phenoxy) is 2. The molecule has 1 aliphatic heterocycles. The third-order valence-corrected chi connectivity index (χ3v) is 11.7. The summed E-state index contributed by atoms with van der Waals surface area (Å²) in [5.74, 6) is -2.16. The number of aromatic nitrogens is 1. The molecule has 2 saturated carbocycles. The SMILES string of the molecule is C=C[C@@H]1C[C@]1(NC(=O)[C@@H]1C[C@@H](Oc2cc3ccccc3cn2)CN1C(=O)[C@@H](NC(=O)OCC(C)C)C(C)(C)C)C(=O)NS(=O)(=O)C1(C)CC1. The lowest BCUT2D eigenvalue weighted by molar-refractivity contribution is -0.142. The molecule has 2 aliphatic carbocycles. The number of pyridine rings is 1. The highest BCUT2D eigenvalue weighted by atomic mass is 32.2. The Hall–Kier alpha value is -4.20. The number of likely N-dealkylation sites (tertiary alicyclic amines) is 1. The maximum absolute atomic E-state index is 14.3. The molecule has 49 heavy (non-hydrogen) atoms. The average Bonchev–Trinajstić information content (AvgIpc) is 3.92. The summed E-state index contributed by atoms with van der Waals surface area (Å²) in [6.45, 7) is 14.6. The molecule has 3 N–H and O–H groups in total. The van der Waals surface area contributed by atoms with Gasteiger partial charge in [-0.15, -0.1) is 6.58 Å². The minimum atomic E-state index is -3.98. The molecule has 0 radical (unpaired) electrons. The van der Waals surface area contributed by atoms with Crippen LogP contribution in [0.2, 0.25) is 0 Å². The number of hydrogen-bond donors (Lipinski definition) is 3. The van der Waals surface area contributed by atoms with Crippen LogP contribution in [0, 0.1) is 17.3 Å². The van der Waals surface area contributed by atoms with E-state index in [1.807, 2.05) is 38.1 Å². The summed E-state index contributed by atoms with van der Waals surface area (Å²) < 4.78 is 38.5. The Morgan fingerprint density at radius 2 is 1.82 bits per heavy atom. The van der Waals surface area contributed by atoms with Gasteiger partial charge < -0.3 is 25.0 Å². The molecule has 0 bridgehead atoms. The van der Waals surface area contributed by atoms with Crippen LogP contribution in [0.25, 0.3) is 10.8 Å². The molecule has 0 spiro atoms. The third-order valence-electron chi connectivity index (χ3n) is 9.55. The number of alkyl carbamates (subject to hydrolysis) is 1. The Labute approximate surface area is 287 Å². The summed E-state index contributed by atoms with van der Waals surface area (Å²) >= 11 is 0. The summed E-state index contributed by atoms with van der Waals surface area (Å²) in [6, 6.07) is 7.21. The molecule has 1 saturated heterocycles. The van der Waals surface area contributed by atoms with E-state index in [9.17, 15) is 27.6 Å². The smallest absolute Gasteiger partial charge is 0.407 e. The molecule has 5 rings (SSSR count). The van der Waals surface area contributed by atoms with Crippen LogP contribution in [-0.4, -0.2) is 83.7 Å². The van der Waals surface area contributed by atoms with E-state index in [4.69, 9.17) is 9.47 Å². The molecule has 1 aromatic heterocycles. The van der Waals surface area contributed by atoms with Gasteiger partial charge in [-0.05, 0) is 42.9 Å². The second kappa shape index (κ2) is 13.3. The van der Waals surface area contributed by atoms with Gasteiger partial charge in [0.1, 0.15) is 23.7 Å². The maximum Gasteiger partial charge on any atom is 0.407 e. The molecule has 3 fully saturated rings. The summed E-state index contributed by atoms with van der Waals surface area (Å²) in [4.78, 5) is 60.5. The van der Waals surface area contributed by atoms with Gasteiger partial charge >= 0.3 is 6.09 Å². The number of rotatable bonds is 12. The number of nitrogens with zero attached hydrogens (tertiary/aromatic N) is 2. The zero-order valence-electron chi connectivity index (χ0n) is 28.9. The van der Waals surface area contributed by atoms with Crippen molar-refractivity contribution >= 4 is 44.6 Å². The molecule has 5 atom stereocenters. The largest absolute Gasteiger partial charge is 0.472 e. The lowest BCUT2D eigenvalue weighted by atomic mass is 9.85. The van der Waals surface area contributed by atoms with Crippen LogP contribution in [-0.2, 0) is 29.1 Å². The molecule has 4 amide bonds. The van der Waals surface area contributed by atoms with Gasteiger partial charge in [0.25, 0.3) is 5.91 Å². The van der Waals surface area contributed by atoms with Gasteiger partial charge in [0.2, 0.25) is 27.7 Å². The van der Waals surface area contributed by atoms with E-state index < -0.39 is 73.6 Å². The molecule has 266 valence electrons. The Balaban J connectivity index is 1.41. The fourth-order valence-electron chi connectivity index (χ4n) is 6.01. The molecule has 2 heterocycles. The van der Waals surface area contributed by atoms with E-state index >= 15 is 0 Å². The molecule has 2 aromatic rings. The van der Waals surface area contributed by atoms with Crippen LogP contribution >= 0.6 is 0 Å². The number of sulfonamides is 1. The predicted octanol–water partition coefficient (Wildman–Crippen LogP) is 3.44. The third kappa shape index (κ3) is 7.68.